The zero-order chi connectivity index (χ0) is 15.2. The first kappa shape index (κ1) is 15.4. The van der Waals surface area contributed by atoms with Crippen molar-refractivity contribution in [3.63, 3.8) is 0 Å². The number of aromatic nitrogens is 2. The number of rotatable bonds is 6. The van der Waals surface area contributed by atoms with Gasteiger partial charge in [0.1, 0.15) is 5.75 Å². The number of ether oxygens (including phenoxy) is 1. The number of aryl methyl sites for hydroxylation is 1. The first-order valence-electron chi connectivity index (χ1n) is 7.40. The minimum Gasteiger partial charge on any atom is -0.424 e. The van der Waals surface area contributed by atoms with Crippen LogP contribution < -0.4 is 10.1 Å². The van der Waals surface area contributed by atoms with Gasteiger partial charge in [-0.25, -0.2) is 9.97 Å². The van der Waals surface area contributed by atoms with Crippen LogP contribution in [0.5, 0.6) is 11.8 Å². The van der Waals surface area contributed by atoms with Crippen molar-refractivity contribution in [3.05, 3.63) is 47.3 Å². The number of benzene rings is 1. The minimum atomic E-state index is 0.381. The quantitative estimate of drug-likeness (QED) is 0.876. The third-order valence-electron chi connectivity index (χ3n) is 3.33. The first-order chi connectivity index (χ1) is 10.1. The molecule has 0 aliphatic carbocycles. The molecule has 0 radical (unpaired) electrons. The summed E-state index contributed by atoms with van der Waals surface area (Å²) in [5.74, 6) is 1.29. The van der Waals surface area contributed by atoms with Crippen LogP contribution in [0.1, 0.15) is 43.4 Å². The molecule has 0 saturated heterocycles. The van der Waals surface area contributed by atoms with Gasteiger partial charge in [-0.2, -0.15) is 0 Å². The molecule has 0 bridgehead atoms. The third kappa shape index (κ3) is 4.26. The van der Waals surface area contributed by atoms with E-state index in [-0.39, 0.29) is 0 Å². The van der Waals surface area contributed by atoms with Crippen LogP contribution in [0.2, 0.25) is 0 Å². The van der Waals surface area contributed by atoms with Crippen LogP contribution in [0, 0.1) is 6.92 Å². The summed E-state index contributed by atoms with van der Waals surface area (Å²) in [7, 11) is 0. The van der Waals surface area contributed by atoms with Crippen molar-refractivity contribution in [2.24, 2.45) is 0 Å². The van der Waals surface area contributed by atoms with Crippen molar-refractivity contribution in [2.45, 2.75) is 40.2 Å². The molecule has 4 heteroatoms. The second kappa shape index (κ2) is 7.18. The second-order valence-electron chi connectivity index (χ2n) is 5.43. The van der Waals surface area contributed by atoms with Gasteiger partial charge in [-0.05, 0) is 42.6 Å². The number of nitrogens with zero attached hydrogens (tertiary/aromatic N) is 2. The highest BCUT2D eigenvalue weighted by Gasteiger charge is 2.06. The van der Waals surface area contributed by atoms with Crippen LogP contribution in [0.4, 0.5) is 0 Å². The van der Waals surface area contributed by atoms with Gasteiger partial charge in [0, 0.05) is 24.5 Å². The molecule has 1 aromatic carbocycles. The third-order valence-corrected chi connectivity index (χ3v) is 3.33. The highest BCUT2D eigenvalue weighted by Crippen LogP contribution is 2.25. The molecule has 1 N–H and O–H groups in total. The van der Waals surface area contributed by atoms with Crippen molar-refractivity contribution in [1.29, 1.82) is 0 Å². The van der Waals surface area contributed by atoms with E-state index in [1.165, 1.54) is 11.1 Å². The highest BCUT2D eigenvalue weighted by atomic mass is 16.5. The molecule has 21 heavy (non-hydrogen) atoms. The molecule has 4 nitrogen and oxygen atoms in total. The molecule has 2 rings (SSSR count). The Labute approximate surface area is 126 Å². The van der Waals surface area contributed by atoms with Crippen molar-refractivity contribution in [2.75, 3.05) is 6.54 Å². The summed E-state index contributed by atoms with van der Waals surface area (Å²) in [6.07, 6.45) is 3.58. The van der Waals surface area contributed by atoms with Crippen LogP contribution in [-0.2, 0) is 6.54 Å². The summed E-state index contributed by atoms with van der Waals surface area (Å²) >= 11 is 0. The van der Waals surface area contributed by atoms with E-state index in [2.05, 4.69) is 49.0 Å². The van der Waals surface area contributed by atoms with Crippen LogP contribution in [0.25, 0.3) is 0 Å². The van der Waals surface area contributed by atoms with Gasteiger partial charge in [-0.1, -0.05) is 26.8 Å². The largest absolute Gasteiger partial charge is 0.424 e. The van der Waals surface area contributed by atoms with Gasteiger partial charge in [0.05, 0.1) is 0 Å². The predicted molar refractivity (Wildman–Crippen MR) is 84.8 cm³/mol. The topological polar surface area (TPSA) is 47.0 Å². The van der Waals surface area contributed by atoms with E-state index >= 15 is 0 Å². The Balaban J connectivity index is 2.06. The SMILES string of the molecule is CCNCc1cnc(Oc2ccc(C(C)C)c(C)c2)nc1. The van der Waals surface area contributed by atoms with E-state index in [0.717, 1.165) is 24.4 Å². The number of hydrogen-bond donors (Lipinski definition) is 1. The molecule has 0 aliphatic heterocycles. The van der Waals surface area contributed by atoms with E-state index in [1.807, 2.05) is 12.1 Å². The normalized spacial score (nSPS) is 10.9. The standard InChI is InChI=1S/C17H23N3O/c1-5-18-9-14-10-19-17(20-11-14)21-15-6-7-16(12(2)3)13(4)8-15/h6-8,10-12,18H,5,9H2,1-4H3. The fourth-order valence-electron chi connectivity index (χ4n) is 2.22. The molecular formula is C17H23N3O. The van der Waals surface area contributed by atoms with Gasteiger partial charge >= 0.3 is 6.01 Å². The number of hydrogen-bond acceptors (Lipinski definition) is 4. The van der Waals surface area contributed by atoms with E-state index in [4.69, 9.17) is 4.74 Å². The Hall–Kier alpha value is -1.94. The van der Waals surface area contributed by atoms with Crippen LogP contribution in [0.3, 0.4) is 0 Å². The lowest BCUT2D eigenvalue weighted by molar-refractivity contribution is 0.440. The smallest absolute Gasteiger partial charge is 0.321 e. The average Bonchev–Trinajstić information content (AvgIpc) is 2.46. The molecule has 0 amide bonds. The van der Waals surface area contributed by atoms with Gasteiger partial charge in [-0.15, -0.1) is 0 Å². The lowest BCUT2D eigenvalue weighted by Crippen LogP contribution is -2.12. The summed E-state index contributed by atoms with van der Waals surface area (Å²) in [4.78, 5) is 8.48. The van der Waals surface area contributed by atoms with Gasteiger partial charge in [0.15, 0.2) is 0 Å². The summed E-state index contributed by atoms with van der Waals surface area (Å²) in [5.41, 5.74) is 3.62. The van der Waals surface area contributed by atoms with E-state index in [1.54, 1.807) is 12.4 Å². The molecular weight excluding hydrogens is 262 g/mol. The lowest BCUT2D eigenvalue weighted by atomic mass is 9.98. The van der Waals surface area contributed by atoms with Crippen LogP contribution in [0.15, 0.2) is 30.6 Å². The van der Waals surface area contributed by atoms with Gasteiger partial charge in [0.25, 0.3) is 0 Å². The van der Waals surface area contributed by atoms with Crippen LogP contribution in [-0.4, -0.2) is 16.5 Å². The maximum atomic E-state index is 5.71. The maximum absolute atomic E-state index is 5.71. The summed E-state index contributed by atoms with van der Waals surface area (Å²) in [6.45, 7) is 10.3. The van der Waals surface area contributed by atoms with Crippen molar-refractivity contribution >= 4 is 0 Å². The summed E-state index contributed by atoms with van der Waals surface area (Å²) in [5, 5.41) is 3.24. The van der Waals surface area contributed by atoms with E-state index < -0.39 is 0 Å². The van der Waals surface area contributed by atoms with Gasteiger partial charge in [0.2, 0.25) is 0 Å². The van der Waals surface area contributed by atoms with Crippen LogP contribution >= 0.6 is 0 Å². The Morgan fingerprint density at radius 1 is 1.19 bits per heavy atom. The zero-order valence-corrected chi connectivity index (χ0v) is 13.2. The fraction of sp³-hybridized carbons (Fsp3) is 0.412. The molecule has 1 heterocycles. The molecule has 2 aromatic rings. The molecule has 0 aliphatic rings. The molecule has 112 valence electrons. The fourth-order valence-corrected chi connectivity index (χ4v) is 2.22. The molecule has 1 aromatic heterocycles. The Kier molecular flexibility index (Phi) is 5.28. The average molecular weight is 285 g/mol. The summed E-state index contributed by atoms with van der Waals surface area (Å²) < 4.78 is 5.71. The Bertz CT molecular complexity index is 579. The van der Waals surface area contributed by atoms with Crippen molar-refractivity contribution in [3.8, 4) is 11.8 Å². The van der Waals surface area contributed by atoms with Crippen molar-refractivity contribution < 1.29 is 4.74 Å². The Morgan fingerprint density at radius 3 is 2.48 bits per heavy atom. The van der Waals surface area contributed by atoms with Crippen molar-refractivity contribution in [1.82, 2.24) is 15.3 Å². The predicted octanol–water partition coefficient (Wildman–Crippen LogP) is 3.81. The second-order valence-corrected chi connectivity index (χ2v) is 5.43. The first-order valence-corrected chi connectivity index (χ1v) is 7.40. The Morgan fingerprint density at radius 2 is 1.90 bits per heavy atom. The molecule has 0 saturated carbocycles. The highest BCUT2D eigenvalue weighted by molar-refractivity contribution is 5.37. The molecule has 0 fully saturated rings. The molecule has 0 atom stereocenters. The molecule has 0 spiro atoms. The van der Waals surface area contributed by atoms with Gasteiger partial charge < -0.3 is 10.1 Å². The minimum absolute atomic E-state index is 0.381. The van der Waals surface area contributed by atoms with E-state index in [9.17, 15) is 0 Å². The number of nitrogens with one attached hydrogen (secondary N) is 1. The van der Waals surface area contributed by atoms with E-state index in [0.29, 0.717) is 11.9 Å². The summed E-state index contributed by atoms with van der Waals surface area (Å²) in [6, 6.07) is 6.49. The maximum Gasteiger partial charge on any atom is 0.321 e. The zero-order valence-electron chi connectivity index (χ0n) is 13.2. The lowest BCUT2D eigenvalue weighted by Gasteiger charge is -2.11. The molecule has 0 unspecified atom stereocenters. The van der Waals surface area contributed by atoms with Gasteiger partial charge in [-0.3, -0.25) is 0 Å². The monoisotopic (exact) mass is 285 g/mol.